The van der Waals surface area contributed by atoms with E-state index in [4.69, 9.17) is 0 Å². The number of thiophene rings is 1. The minimum absolute atomic E-state index is 0.0383. The van der Waals surface area contributed by atoms with Crippen molar-refractivity contribution >= 4 is 29.9 Å². The molecule has 2 aromatic rings. The van der Waals surface area contributed by atoms with Gasteiger partial charge in [0.1, 0.15) is 0 Å². The van der Waals surface area contributed by atoms with E-state index in [1.54, 1.807) is 23.5 Å². The number of hydrogen-bond acceptors (Lipinski definition) is 3. The minimum atomic E-state index is -0.0383. The van der Waals surface area contributed by atoms with E-state index in [2.05, 4.69) is 30.9 Å². The lowest BCUT2D eigenvalue weighted by Crippen LogP contribution is -2.27. The first-order valence-electron chi connectivity index (χ1n) is 5.84. The number of amides is 1. The third-order valence-corrected chi connectivity index (χ3v) is 4.01. The van der Waals surface area contributed by atoms with Gasteiger partial charge in [-0.25, -0.2) is 0 Å². The van der Waals surface area contributed by atoms with Crippen LogP contribution in [0.3, 0.4) is 0 Å². The lowest BCUT2D eigenvalue weighted by Gasteiger charge is -2.15. The highest BCUT2D eigenvalue weighted by molar-refractivity contribution is 7.80. The van der Waals surface area contributed by atoms with E-state index in [9.17, 15) is 4.79 Å². The average molecular weight is 277 g/mol. The van der Waals surface area contributed by atoms with Gasteiger partial charge in [-0.05, 0) is 42.1 Å². The highest BCUT2D eigenvalue weighted by Gasteiger charge is 2.14. The van der Waals surface area contributed by atoms with Crippen LogP contribution in [0, 0.1) is 0 Å². The van der Waals surface area contributed by atoms with E-state index in [0.717, 1.165) is 11.3 Å². The fourth-order valence-corrected chi connectivity index (χ4v) is 2.73. The molecule has 18 heavy (non-hydrogen) atoms. The molecule has 94 valence electrons. The van der Waals surface area contributed by atoms with Crippen molar-refractivity contribution < 1.29 is 4.79 Å². The largest absolute Gasteiger partial charge is 0.344 e. The van der Waals surface area contributed by atoms with Crippen LogP contribution >= 0.6 is 24.0 Å². The topological polar surface area (TPSA) is 29.1 Å². The van der Waals surface area contributed by atoms with Crippen LogP contribution in [0.15, 0.2) is 46.7 Å². The number of carbonyl (C=O) groups excluding carboxylic acids is 1. The Balaban J connectivity index is 2.08. The molecule has 1 aromatic carbocycles. The summed E-state index contributed by atoms with van der Waals surface area (Å²) in [5, 5.41) is 5.08. The first-order chi connectivity index (χ1) is 8.70. The SMILES string of the molecule is CCC(NC(=O)c1ccc(S)cc1)c1cccs1. The molecule has 0 aliphatic rings. The predicted molar refractivity (Wildman–Crippen MR) is 78.5 cm³/mol. The van der Waals surface area contributed by atoms with E-state index in [-0.39, 0.29) is 11.9 Å². The van der Waals surface area contributed by atoms with E-state index in [0.29, 0.717) is 5.56 Å². The van der Waals surface area contributed by atoms with E-state index < -0.39 is 0 Å². The predicted octanol–water partition coefficient (Wildman–Crippen LogP) is 3.92. The maximum Gasteiger partial charge on any atom is 0.251 e. The van der Waals surface area contributed by atoms with Crippen molar-refractivity contribution in [1.82, 2.24) is 5.32 Å². The van der Waals surface area contributed by atoms with Gasteiger partial charge >= 0.3 is 0 Å². The Bertz CT molecular complexity index is 505. The summed E-state index contributed by atoms with van der Waals surface area (Å²) in [5.41, 5.74) is 0.669. The maximum atomic E-state index is 12.1. The minimum Gasteiger partial charge on any atom is -0.344 e. The molecule has 1 unspecified atom stereocenters. The standard InChI is InChI=1S/C14H15NOS2/c1-2-12(13-4-3-9-18-13)15-14(16)10-5-7-11(17)8-6-10/h3-9,12,17H,2H2,1H3,(H,15,16). The fourth-order valence-electron chi connectivity index (χ4n) is 1.72. The number of nitrogens with one attached hydrogen (secondary N) is 1. The molecule has 1 N–H and O–H groups in total. The van der Waals surface area contributed by atoms with E-state index >= 15 is 0 Å². The second-order valence-electron chi connectivity index (χ2n) is 4.00. The summed E-state index contributed by atoms with van der Waals surface area (Å²) in [7, 11) is 0. The van der Waals surface area contributed by atoms with Gasteiger partial charge in [-0.1, -0.05) is 13.0 Å². The van der Waals surface area contributed by atoms with Gasteiger partial charge in [-0.3, -0.25) is 4.79 Å². The molecule has 1 heterocycles. The number of rotatable bonds is 4. The van der Waals surface area contributed by atoms with Crippen LogP contribution in [0.1, 0.15) is 34.6 Å². The maximum absolute atomic E-state index is 12.1. The highest BCUT2D eigenvalue weighted by atomic mass is 32.1. The zero-order valence-electron chi connectivity index (χ0n) is 10.1. The van der Waals surface area contributed by atoms with Gasteiger partial charge < -0.3 is 5.32 Å². The van der Waals surface area contributed by atoms with Gasteiger partial charge in [-0.15, -0.1) is 24.0 Å². The summed E-state index contributed by atoms with van der Waals surface area (Å²) in [4.78, 5) is 14.1. The molecular weight excluding hydrogens is 262 g/mol. The van der Waals surface area contributed by atoms with Crippen molar-refractivity contribution in [3.8, 4) is 0 Å². The van der Waals surface area contributed by atoms with Crippen molar-refractivity contribution in [3.05, 3.63) is 52.2 Å². The molecule has 0 fully saturated rings. The molecule has 0 aliphatic carbocycles. The Morgan fingerprint density at radius 2 is 2.06 bits per heavy atom. The molecule has 1 aromatic heterocycles. The zero-order valence-corrected chi connectivity index (χ0v) is 11.8. The third kappa shape index (κ3) is 3.15. The van der Waals surface area contributed by atoms with Crippen LogP contribution in [0.4, 0.5) is 0 Å². The molecule has 0 saturated heterocycles. The molecule has 0 bridgehead atoms. The van der Waals surface area contributed by atoms with Crippen LogP contribution in [0.2, 0.25) is 0 Å². The Kier molecular flexibility index (Phi) is 4.44. The summed E-state index contributed by atoms with van der Waals surface area (Å²) in [5.74, 6) is -0.0383. The summed E-state index contributed by atoms with van der Waals surface area (Å²) >= 11 is 5.88. The first-order valence-corrected chi connectivity index (χ1v) is 7.16. The lowest BCUT2D eigenvalue weighted by atomic mass is 10.1. The van der Waals surface area contributed by atoms with Gasteiger partial charge in [0.15, 0.2) is 0 Å². The number of hydrogen-bond donors (Lipinski definition) is 2. The molecule has 1 amide bonds. The highest BCUT2D eigenvalue weighted by Crippen LogP contribution is 2.22. The summed E-state index contributed by atoms with van der Waals surface area (Å²) in [6.45, 7) is 2.07. The summed E-state index contributed by atoms with van der Waals surface area (Å²) in [6, 6.07) is 11.4. The molecule has 2 nitrogen and oxygen atoms in total. The first kappa shape index (κ1) is 13.2. The second-order valence-corrected chi connectivity index (χ2v) is 5.49. The third-order valence-electron chi connectivity index (χ3n) is 2.73. The van der Waals surface area contributed by atoms with Crippen molar-refractivity contribution in [2.75, 3.05) is 0 Å². The Labute approximate surface area is 116 Å². The van der Waals surface area contributed by atoms with Gasteiger partial charge in [0.05, 0.1) is 6.04 Å². The summed E-state index contributed by atoms with van der Waals surface area (Å²) < 4.78 is 0. The second kappa shape index (κ2) is 6.07. The number of thiol groups is 1. The van der Waals surface area contributed by atoms with E-state index in [1.807, 2.05) is 23.6 Å². The van der Waals surface area contributed by atoms with Crippen molar-refractivity contribution in [1.29, 1.82) is 0 Å². The monoisotopic (exact) mass is 277 g/mol. The zero-order chi connectivity index (χ0) is 13.0. The van der Waals surface area contributed by atoms with Gasteiger partial charge in [-0.2, -0.15) is 0 Å². The van der Waals surface area contributed by atoms with Crippen molar-refractivity contribution in [2.45, 2.75) is 24.3 Å². The smallest absolute Gasteiger partial charge is 0.251 e. The van der Waals surface area contributed by atoms with E-state index in [1.165, 1.54) is 4.88 Å². The van der Waals surface area contributed by atoms with Crippen LogP contribution in [0.5, 0.6) is 0 Å². The van der Waals surface area contributed by atoms with Crippen molar-refractivity contribution in [2.24, 2.45) is 0 Å². The fraction of sp³-hybridized carbons (Fsp3) is 0.214. The molecule has 4 heteroatoms. The average Bonchev–Trinajstić information content (AvgIpc) is 2.90. The van der Waals surface area contributed by atoms with Crippen LogP contribution in [-0.2, 0) is 0 Å². The van der Waals surface area contributed by atoms with Crippen LogP contribution in [0.25, 0.3) is 0 Å². The molecule has 0 aliphatic heterocycles. The normalized spacial score (nSPS) is 12.1. The Morgan fingerprint density at radius 1 is 1.33 bits per heavy atom. The van der Waals surface area contributed by atoms with Gasteiger partial charge in [0.25, 0.3) is 5.91 Å². The van der Waals surface area contributed by atoms with Gasteiger partial charge in [0.2, 0.25) is 0 Å². The molecule has 0 spiro atoms. The molecule has 2 rings (SSSR count). The van der Waals surface area contributed by atoms with Crippen LogP contribution in [-0.4, -0.2) is 5.91 Å². The molecule has 0 radical (unpaired) electrons. The quantitative estimate of drug-likeness (QED) is 0.815. The number of benzene rings is 1. The molecule has 0 saturated carbocycles. The molecular formula is C14H15NOS2. The van der Waals surface area contributed by atoms with Crippen LogP contribution < -0.4 is 5.32 Å². The molecule has 1 atom stereocenters. The van der Waals surface area contributed by atoms with Gasteiger partial charge in [0, 0.05) is 15.3 Å². The van der Waals surface area contributed by atoms with Crippen molar-refractivity contribution in [3.63, 3.8) is 0 Å². The Hall–Kier alpha value is -1.26. The number of carbonyl (C=O) groups is 1. The lowest BCUT2D eigenvalue weighted by molar-refractivity contribution is 0.0936. The summed E-state index contributed by atoms with van der Waals surface area (Å²) in [6.07, 6.45) is 0.886. The Morgan fingerprint density at radius 3 is 2.61 bits per heavy atom.